The summed E-state index contributed by atoms with van der Waals surface area (Å²) in [7, 11) is 0. The molecule has 1 heterocycles. The first-order chi connectivity index (χ1) is 15.7. The third-order valence-electron chi connectivity index (χ3n) is 5.00. The number of rotatable bonds is 15. The van der Waals surface area contributed by atoms with E-state index in [1.54, 1.807) is 0 Å². The number of nitrogens with one attached hydrogen (secondary N) is 4. The highest BCUT2D eigenvalue weighted by molar-refractivity contribution is 7.98. The quantitative estimate of drug-likeness (QED) is 0.0664. The lowest BCUT2D eigenvalue weighted by Crippen LogP contribution is -2.58. The summed E-state index contributed by atoms with van der Waals surface area (Å²) in [6.07, 6.45) is 3.93. The molecule has 0 saturated carbocycles. The maximum absolute atomic E-state index is 12.8. The fourth-order valence-corrected chi connectivity index (χ4v) is 3.66. The number of carboxylic acid groups (broad SMARTS) is 1. The van der Waals surface area contributed by atoms with Crippen molar-refractivity contribution in [3.8, 4) is 0 Å². The van der Waals surface area contributed by atoms with Gasteiger partial charge in [0.15, 0.2) is 5.96 Å². The van der Waals surface area contributed by atoms with Crippen molar-refractivity contribution < 1.29 is 29.4 Å². The number of aliphatic carboxylic acids is 1. The molecule has 0 bridgehead atoms. The van der Waals surface area contributed by atoms with Gasteiger partial charge in [0.2, 0.25) is 17.7 Å². The van der Waals surface area contributed by atoms with Crippen molar-refractivity contribution in [1.29, 1.82) is 0 Å². The van der Waals surface area contributed by atoms with Crippen LogP contribution < -0.4 is 32.7 Å². The van der Waals surface area contributed by atoms with Crippen LogP contribution in [0.15, 0.2) is 4.99 Å². The molecule has 13 nitrogen and oxygen atoms in total. The Morgan fingerprint density at radius 2 is 1.76 bits per heavy atom. The van der Waals surface area contributed by atoms with Gasteiger partial charge in [-0.2, -0.15) is 11.8 Å². The van der Waals surface area contributed by atoms with Crippen molar-refractivity contribution in [2.24, 2.45) is 16.5 Å². The molecule has 4 unspecified atom stereocenters. The Hall–Kier alpha value is -2.58. The van der Waals surface area contributed by atoms with E-state index in [-0.39, 0.29) is 25.3 Å². The number of carbonyl (C=O) groups excluding carboxylic acids is 3. The number of hydrogen-bond acceptors (Lipinski definition) is 8. The van der Waals surface area contributed by atoms with E-state index in [2.05, 4.69) is 26.3 Å². The summed E-state index contributed by atoms with van der Waals surface area (Å²) in [6, 6.07) is -3.90. The second-order valence-corrected chi connectivity index (χ2v) is 8.57. The average Bonchev–Trinajstić information content (AvgIpc) is 3.31. The number of amides is 3. The van der Waals surface area contributed by atoms with Crippen molar-refractivity contribution in [1.82, 2.24) is 21.3 Å². The van der Waals surface area contributed by atoms with Gasteiger partial charge in [0, 0.05) is 6.54 Å². The summed E-state index contributed by atoms with van der Waals surface area (Å²) in [5.74, 6) is -2.63. The molecular formula is C19H35N7O6S. The number of nitrogens with two attached hydrogens (primary N) is 2. The third-order valence-corrected chi connectivity index (χ3v) is 5.64. The topological polar surface area (TPSA) is 221 Å². The number of aliphatic hydroxyl groups excluding tert-OH is 1. The van der Waals surface area contributed by atoms with E-state index in [1.165, 1.54) is 11.8 Å². The van der Waals surface area contributed by atoms with Crippen molar-refractivity contribution in [3.63, 3.8) is 0 Å². The molecule has 3 amide bonds. The van der Waals surface area contributed by atoms with E-state index in [0.29, 0.717) is 25.1 Å². The average molecular weight is 490 g/mol. The summed E-state index contributed by atoms with van der Waals surface area (Å²) in [5.41, 5.74) is 10.5. The first kappa shape index (κ1) is 28.5. The first-order valence-electron chi connectivity index (χ1n) is 10.7. The molecule has 1 fully saturated rings. The summed E-state index contributed by atoms with van der Waals surface area (Å²) in [6.45, 7) is 0.258. The summed E-state index contributed by atoms with van der Waals surface area (Å²) < 4.78 is 0. The predicted octanol–water partition coefficient (Wildman–Crippen LogP) is -2.92. The van der Waals surface area contributed by atoms with Gasteiger partial charge in [-0.05, 0) is 50.7 Å². The molecule has 33 heavy (non-hydrogen) atoms. The van der Waals surface area contributed by atoms with E-state index in [1.807, 2.05) is 6.26 Å². The molecule has 0 aromatic heterocycles. The minimum Gasteiger partial charge on any atom is -0.480 e. The van der Waals surface area contributed by atoms with Gasteiger partial charge in [0.25, 0.3) is 0 Å². The van der Waals surface area contributed by atoms with Crippen LogP contribution in [0.4, 0.5) is 0 Å². The van der Waals surface area contributed by atoms with Crippen LogP contribution >= 0.6 is 11.8 Å². The Bertz CT molecular complexity index is 698. The Morgan fingerprint density at radius 1 is 1.09 bits per heavy atom. The predicted molar refractivity (Wildman–Crippen MR) is 124 cm³/mol. The van der Waals surface area contributed by atoms with Crippen LogP contribution in [0.5, 0.6) is 0 Å². The van der Waals surface area contributed by atoms with E-state index < -0.39 is 54.5 Å². The summed E-state index contributed by atoms with van der Waals surface area (Å²) >= 11 is 1.45. The lowest BCUT2D eigenvalue weighted by Gasteiger charge is -2.24. The second kappa shape index (κ2) is 15.3. The van der Waals surface area contributed by atoms with Crippen LogP contribution in [-0.2, 0) is 19.2 Å². The van der Waals surface area contributed by atoms with Crippen LogP contribution in [0.3, 0.4) is 0 Å². The maximum atomic E-state index is 12.8. The molecule has 4 atom stereocenters. The molecule has 0 radical (unpaired) electrons. The highest BCUT2D eigenvalue weighted by Gasteiger charge is 2.31. The number of carboxylic acids is 1. The monoisotopic (exact) mass is 489 g/mol. The number of thioether (sulfide) groups is 1. The standard InChI is InChI=1S/C19H35N7O6S/c1-33-9-6-12(16(29)25-13(18(31)32)5-3-8-23-19(20)21)24-17(30)14(10-27)26-15(28)11-4-2-7-22-11/h11-14,22,27H,2-10H2,1H3,(H,24,30)(H,25,29)(H,26,28)(H,31,32)(H4,20,21,23). The van der Waals surface area contributed by atoms with Gasteiger partial charge in [-0.25, -0.2) is 4.79 Å². The van der Waals surface area contributed by atoms with Crippen LogP contribution in [0, 0.1) is 0 Å². The smallest absolute Gasteiger partial charge is 0.326 e. The normalized spacial score (nSPS) is 17.9. The Morgan fingerprint density at radius 3 is 2.30 bits per heavy atom. The maximum Gasteiger partial charge on any atom is 0.326 e. The fraction of sp³-hybridized carbons (Fsp3) is 0.737. The Balaban J connectivity index is 2.74. The SMILES string of the molecule is CSCCC(NC(=O)C(CO)NC(=O)C1CCCN1)C(=O)NC(CCCN=C(N)N)C(=O)O. The van der Waals surface area contributed by atoms with Crippen molar-refractivity contribution in [2.75, 3.05) is 31.7 Å². The Labute approximate surface area is 196 Å². The lowest BCUT2D eigenvalue weighted by molar-refractivity contribution is -0.142. The van der Waals surface area contributed by atoms with E-state index in [0.717, 1.165) is 6.42 Å². The minimum absolute atomic E-state index is 0.0881. The van der Waals surface area contributed by atoms with Crippen LogP contribution in [-0.4, -0.2) is 95.7 Å². The van der Waals surface area contributed by atoms with Gasteiger partial charge < -0.3 is 42.9 Å². The molecule has 10 N–H and O–H groups in total. The third kappa shape index (κ3) is 10.7. The molecule has 1 aliphatic heterocycles. The molecule has 0 aliphatic carbocycles. The number of aliphatic hydroxyl groups is 1. The molecule has 0 aromatic rings. The second-order valence-electron chi connectivity index (χ2n) is 7.58. The molecule has 188 valence electrons. The number of carbonyl (C=O) groups is 4. The zero-order valence-electron chi connectivity index (χ0n) is 18.7. The van der Waals surface area contributed by atoms with Crippen molar-refractivity contribution in [2.45, 2.75) is 56.3 Å². The van der Waals surface area contributed by atoms with E-state index in [9.17, 15) is 29.4 Å². The van der Waals surface area contributed by atoms with Crippen molar-refractivity contribution in [3.05, 3.63) is 0 Å². The fourth-order valence-electron chi connectivity index (χ4n) is 3.18. The zero-order chi connectivity index (χ0) is 24.8. The first-order valence-corrected chi connectivity index (χ1v) is 12.1. The van der Waals surface area contributed by atoms with E-state index in [4.69, 9.17) is 11.5 Å². The minimum atomic E-state index is -1.24. The number of hydrogen-bond donors (Lipinski definition) is 8. The van der Waals surface area contributed by atoms with Gasteiger partial charge in [0.1, 0.15) is 18.1 Å². The largest absolute Gasteiger partial charge is 0.480 e. The highest BCUT2D eigenvalue weighted by Crippen LogP contribution is 2.07. The van der Waals surface area contributed by atoms with E-state index >= 15 is 0 Å². The number of guanidine groups is 1. The Kier molecular flexibility index (Phi) is 13.2. The summed E-state index contributed by atoms with van der Waals surface area (Å²) in [4.78, 5) is 53.0. The summed E-state index contributed by atoms with van der Waals surface area (Å²) in [5, 5.41) is 29.4. The van der Waals surface area contributed by atoms with Gasteiger partial charge >= 0.3 is 5.97 Å². The van der Waals surface area contributed by atoms with Gasteiger partial charge in [-0.15, -0.1) is 0 Å². The number of nitrogens with zero attached hydrogens (tertiary/aromatic N) is 1. The molecule has 1 aliphatic rings. The number of aliphatic imine (C=N–C) groups is 1. The van der Waals surface area contributed by atoms with Crippen LogP contribution in [0.25, 0.3) is 0 Å². The van der Waals surface area contributed by atoms with Gasteiger partial charge in [-0.3, -0.25) is 19.4 Å². The van der Waals surface area contributed by atoms with Gasteiger partial charge in [-0.1, -0.05) is 0 Å². The van der Waals surface area contributed by atoms with Crippen molar-refractivity contribution >= 4 is 41.4 Å². The van der Waals surface area contributed by atoms with Crippen LogP contribution in [0.2, 0.25) is 0 Å². The molecule has 1 rings (SSSR count). The molecule has 1 saturated heterocycles. The molecule has 14 heteroatoms. The molecule has 0 aromatic carbocycles. The van der Waals surface area contributed by atoms with Crippen LogP contribution in [0.1, 0.15) is 32.1 Å². The molecule has 0 spiro atoms. The molecular weight excluding hydrogens is 454 g/mol. The van der Waals surface area contributed by atoms with Gasteiger partial charge in [0.05, 0.1) is 12.6 Å². The zero-order valence-corrected chi connectivity index (χ0v) is 19.5. The lowest BCUT2D eigenvalue weighted by atomic mass is 10.1. The highest BCUT2D eigenvalue weighted by atomic mass is 32.2.